The smallest absolute Gasteiger partial charge is 0.324 e. The number of rotatable bonds is 2. The van der Waals surface area contributed by atoms with Crippen molar-refractivity contribution in [3.8, 4) is 0 Å². The van der Waals surface area contributed by atoms with E-state index in [4.69, 9.17) is 9.57 Å². The van der Waals surface area contributed by atoms with E-state index < -0.39 is 0 Å². The molecule has 0 saturated carbocycles. The Bertz CT molecular complexity index is 163. The van der Waals surface area contributed by atoms with Crippen LogP contribution in [-0.4, -0.2) is 36.8 Å². The number of hydrogen-bond donors (Lipinski definition) is 1. The van der Waals surface area contributed by atoms with Gasteiger partial charge in [0.1, 0.15) is 0 Å². The second-order valence-corrected chi connectivity index (χ2v) is 2.88. The van der Waals surface area contributed by atoms with Crippen molar-refractivity contribution in [2.45, 2.75) is 26.3 Å². The van der Waals surface area contributed by atoms with Crippen LogP contribution in [-0.2, 0) is 14.4 Å². The molecule has 0 aromatic rings. The molecule has 1 rings (SSSR count). The lowest BCUT2D eigenvalue weighted by atomic mass is 10.3. The molecule has 1 saturated heterocycles. The molecule has 0 radical (unpaired) electrons. The molecule has 1 heterocycles. The summed E-state index contributed by atoms with van der Waals surface area (Å²) in [6, 6.07) is 0.175. The van der Waals surface area contributed by atoms with Gasteiger partial charge in [-0.1, -0.05) is 6.92 Å². The molecule has 5 nitrogen and oxygen atoms in total. The molecule has 1 atom stereocenters. The molecule has 13 heavy (non-hydrogen) atoms. The van der Waals surface area contributed by atoms with Gasteiger partial charge in [0.05, 0.1) is 25.8 Å². The zero-order valence-electron chi connectivity index (χ0n) is 8.28. The Labute approximate surface area is 78.5 Å². The van der Waals surface area contributed by atoms with Gasteiger partial charge in [0.15, 0.2) is 0 Å². The summed E-state index contributed by atoms with van der Waals surface area (Å²) in [5, 5.41) is 1.69. The zero-order chi connectivity index (χ0) is 8.97. The fourth-order valence-electron chi connectivity index (χ4n) is 1.04. The van der Waals surface area contributed by atoms with Crippen LogP contribution in [0.4, 0.5) is 0 Å². The highest BCUT2D eigenvalue weighted by Crippen LogP contribution is 2.06. The quantitative estimate of drug-likeness (QED) is 0.695. The minimum atomic E-state index is -0.177. The van der Waals surface area contributed by atoms with Gasteiger partial charge >= 0.3 is 5.97 Å². The third-order valence-electron chi connectivity index (χ3n) is 1.81. The Kier molecular flexibility index (Phi) is 5.61. The third-order valence-corrected chi connectivity index (χ3v) is 1.81. The summed E-state index contributed by atoms with van der Waals surface area (Å²) in [7, 11) is 0. The normalized spacial score (nSPS) is 23.4. The maximum Gasteiger partial charge on any atom is 0.324 e. The van der Waals surface area contributed by atoms with E-state index >= 15 is 0 Å². The molecule has 1 fully saturated rings. The van der Waals surface area contributed by atoms with E-state index in [1.165, 1.54) is 0 Å². The van der Waals surface area contributed by atoms with Crippen LogP contribution >= 0.6 is 0 Å². The van der Waals surface area contributed by atoms with E-state index in [9.17, 15) is 4.79 Å². The Hall–Kier alpha value is -0.650. The predicted octanol–water partition coefficient (Wildman–Crippen LogP) is 0.737. The van der Waals surface area contributed by atoms with Crippen LogP contribution in [0.1, 0.15) is 20.3 Å². The van der Waals surface area contributed by atoms with E-state index in [1.807, 2.05) is 6.92 Å². The topological polar surface area (TPSA) is 73.8 Å². The molecule has 3 N–H and O–H groups in total. The van der Waals surface area contributed by atoms with E-state index in [0.29, 0.717) is 26.2 Å². The summed E-state index contributed by atoms with van der Waals surface area (Å²) < 4.78 is 5.19. The van der Waals surface area contributed by atoms with Crippen molar-refractivity contribution >= 4 is 5.97 Å². The lowest BCUT2D eigenvalue weighted by Gasteiger charge is -2.30. The first-order chi connectivity index (χ1) is 5.74. The fourth-order valence-corrected chi connectivity index (χ4v) is 1.04. The lowest BCUT2D eigenvalue weighted by molar-refractivity contribution is -0.220. The number of nitrogens with zero attached hydrogens (tertiary/aromatic N) is 1. The Morgan fingerprint density at radius 1 is 1.69 bits per heavy atom. The van der Waals surface area contributed by atoms with E-state index in [2.05, 4.69) is 0 Å². The number of morpholine rings is 1. The van der Waals surface area contributed by atoms with Gasteiger partial charge < -0.3 is 15.7 Å². The van der Waals surface area contributed by atoms with Crippen LogP contribution in [0.5, 0.6) is 0 Å². The molecule has 0 spiro atoms. The molecule has 0 aromatic carbocycles. The first-order valence-electron chi connectivity index (χ1n) is 4.29. The second kappa shape index (κ2) is 5.90. The lowest BCUT2D eigenvalue weighted by Crippen LogP contribution is -2.44. The standard InChI is InChI=1S/C8H15NO3.H3N/c1-3-8(10)12-9-4-5-11-6-7(9)2;/h7H,3-6H2,1-2H3;1H3. The van der Waals surface area contributed by atoms with Gasteiger partial charge in [-0.3, -0.25) is 4.79 Å². The van der Waals surface area contributed by atoms with Crippen LogP contribution in [0.25, 0.3) is 0 Å². The highest BCUT2D eigenvalue weighted by atomic mass is 16.7. The first kappa shape index (κ1) is 12.3. The van der Waals surface area contributed by atoms with Gasteiger partial charge in [0.2, 0.25) is 0 Å². The summed E-state index contributed by atoms with van der Waals surface area (Å²) in [5.74, 6) is -0.177. The SMILES string of the molecule is CCC(=O)ON1CCOCC1C.N. The van der Waals surface area contributed by atoms with Crippen molar-refractivity contribution in [2.75, 3.05) is 19.8 Å². The van der Waals surface area contributed by atoms with Crippen LogP contribution in [0.15, 0.2) is 0 Å². The van der Waals surface area contributed by atoms with Crippen LogP contribution < -0.4 is 6.15 Å². The average Bonchev–Trinajstić information content (AvgIpc) is 2.09. The van der Waals surface area contributed by atoms with Crippen molar-refractivity contribution < 1.29 is 14.4 Å². The maximum atomic E-state index is 10.9. The minimum Gasteiger partial charge on any atom is -0.378 e. The molecule has 1 aliphatic rings. The predicted molar refractivity (Wildman–Crippen MR) is 48.4 cm³/mol. The van der Waals surface area contributed by atoms with Gasteiger partial charge in [0.25, 0.3) is 0 Å². The largest absolute Gasteiger partial charge is 0.378 e. The minimum absolute atomic E-state index is 0. The summed E-state index contributed by atoms with van der Waals surface area (Å²) in [4.78, 5) is 16.0. The molecule has 0 amide bonds. The Morgan fingerprint density at radius 2 is 2.38 bits per heavy atom. The van der Waals surface area contributed by atoms with Crippen LogP contribution in [0, 0.1) is 0 Å². The molecule has 0 bridgehead atoms. The number of hydroxylamine groups is 2. The van der Waals surface area contributed by atoms with Crippen molar-refractivity contribution in [3.05, 3.63) is 0 Å². The Balaban J connectivity index is 0.00000144. The summed E-state index contributed by atoms with van der Waals surface area (Å²) in [6.45, 7) is 5.71. The second-order valence-electron chi connectivity index (χ2n) is 2.88. The Morgan fingerprint density at radius 3 is 2.92 bits per heavy atom. The zero-order valence-corrected chi connectivity index (χ0v) is 8.28. The van der Waals surface area contributed by atoms with Gasteiger partial charge in [-0.2, -0.15) is 0 Å². The van der Waals surface area contributed by atoms with E-state index in [0.717, 1.165) is 0 Å². The molecule has 1 unspecified atom stereocenters. The fraction of sp³-hybridized carbons (Fsp3) is 0.875. The molecular formula is C8H18N2O3. The number of hydrogen-bond acceptors (Lipinski definition) is 5. The molecule has 78 valence electrons. The maximum absolute atomic E-state index is 10.9. The average molecular weight is 190 g/mol. The van der Waals surface area contributed by atoms with Crippen LogP contribution in [0.3, 0.4) is 0 Å². The molecule has 1 aliphatic heterocycles. The number of carbonyl (C=O) groups is 1. The molecule has 0 aromatic heterocycles. The van der Waals surface area contributed by atoms with Crippen molar-refractivity contribution in [2.24, 2.45) is 0 Å². The highest BCUT2D eigenvalue weighted by Gasteiger charge is 2.21. The van der Waals surface area contributed by atoms with E-state index in [1.54, 1.807) is 12.0 Å². The summed E-state index contributed by atoms with van der Waals surface area (Å²) >= 11 is 0. The highest BCUT2D eigenvalue weighted by molar-refractivity contribution is 5.68. The first-order valence-corrected chi connectivity index (χ1v) is 4.29. The number of ether oxygens (including phenoxy) is 1. The third kappa shape index (κ3) is 3.71. The van der Waals surface area contributed by atoms with Gasteiger partial charge in [-0.05, 0) is 6.92 Å². The number of carbonyl (C=O) groups excluding carboxylic acids is 1. The monoisotopic (exact) mass is 190 g/mol. The van der Waals surface area contributed by atoms with Crippen molar-refractivity contribution in [3.63, 3.8) is 0 Å². The molecule has 5 heteroatoms. The summed E-state index contributed by atoms with van der Waals surface area (Å²) in [5.41, 5.74) is 0. The van der Waals surface area contributed by atoms with Crippen molar-refractivity contribution in [1.29, 1.82) is 0 Å². The molecule has 0 aliphatic carbocycles. The van der Waals surface area contributed by atoms with Gasteiger partial charge in [-0.15, -0.1) is 5.06 Å². The molecular weight excluding hydrogens is 172 g/mol. The van der Waals surface area contributed by atoms with Crippen molar-refractivity contribution in [1.82, 2.24) is 11.2 Å². The van der Waals surface area contributed by atoms with Gasteiger partial charge in [0, 0.05) is 6.42 Å². The van der Waals surface area contributed by atoms with E-state index in [-0.39, 0.29) is 18.2 Å². The van der Waals surface area contributed by atoms with Crippen LogP contribution in [0.2, 0.25) is 0 Å². The van der Waals surface area contributed by atoms with Gasteiger partial charge in [-0.25, -0.2) is 0 Å². The summed E-state index contributed by atoms with van der Waals surface area (Å²) in [6.07, 6.45) is 0.421.